The Hall–Kier alpha value is -1.79. The highest BCUT2D eigenvalue weighted by Crippen LogP contribution is 2.28. The van der Waals surface area contributed by atoms with Gasteiger partial charge in [-0.25, -0.2) is 4.98 Å². The van der Waals surface area contributed by atoms with Crippen LogP contribution in [0.25, 0.3) is 10.9 Å². The van der Waals surface area contributed by atoms with Gasteiger partial charge in [0.2, 0.25) is 0 Å². The first-order chi connectivity index (χ1) is 8.72. The molecule has 3 rings (SSSR count). The molecular weight excluding hydrogens is 266 g/mol. The maximum absolute atomic E-state index is 11.9. The van der Waals surface area contributed by atoms with Crippen LogP contribution in [-0.2, 0) is 0 Å². The fourth-order valence-corrected chi connectivity index (χ4v) is 3.27. The minimum absolute atomic E-state index is 0.161. The van der Waals surface area contributed by atoms with Crippen molar-refractivity contribution in [1.82, 2.24) is 9.97 Å². The molecule has 18 heavy (non-hydrogen) atoms. The highest BCUT2D eigenvalue weighted by Gasteiger charge is 2.06. The van der Waals surface area contributed by atoms with E-state index in [0.717, 1.165) is 4.21 Å². The number of hydrogen-bond acceptors (Lipinski definition) is 5. The van der Waals surface area contributed by atoms with Gasteiger partial charge in [-0.1, -0.05) is 6.07 Å². The first-order valence-electron chi connectivity index (χ1n) is 5.23. The number of anilines is 1. The molecule has 2 heterocycles. The lowest BCUT2D eigenvalue weighted by Gasteiger charge is -2.01. The molecule has 4 nitrogen and oxygen atoms in total. The van der Waals surface area contributed by atoms with Crippen molar-refractivity contribution in [2.24, 2.45) is 0 Å². The summed E-state index contributed by atoms with van der Waals surface area (Å²) >= 11 is 3.06. The number of rotatable bonds is 2. The Bertz CT molecular complexity index is 750. The van der Waals surface area contributed by atoms with E-state index in [1.807, 2.05) is 17.5 Å². The summed E-state index contributed by atoms with van der Waals surface area (Å²) in [5.74, 6) is 0. The van der Waals surface area contributed by atoms with E-state index < -0.39 is 0 Å². The topological polar surface area (TPSA) is 71.8 Å². The number of aromatic nitrogens is 2. The van der Waals surface area contributed by atoms with E-state index in [2.05, 4.69) is 9.97 Å². The average Bonchev–Trinajstić information content (AvgIpc) is 2.83. The van der Waals surface area contributed by atoms with Crippen LogP contribution in [0.2, 0.25) is 0 Å². The molecule has 2 aromatic heterocycles. The maximum Gasteiger partial charge on any atom is 0.259 e. The van der Waals surface area contributed by atoms with Gasteiger partial charge in [0, 0.05) is 5.69 Å². The second-order valence-corrected chi connectivity index (χ2v) is 5.92. The molecule has 0 bridgehead atoms. The SMILES string of the molecule is Nc1ccc2nc(Sc3cccs3)[nH]c(=O)c2c1. The Morgan fingerprint density at radius 3 is 3.00 bits per heavy atom. The van der Waals surface area contributed by atoms with Crippen molar-refractivity contribution < 1.29 is 0 Å². The molecule has 1 aromatic carbocycles. The van der Waals surface area contributed by atoms with Gasteiger partial charge in [-0.3, -0.25) is 4.79 Å². The largest absolute Gasteiger partial charge is 0.399 e. The van der Waals surface area contributed by atoms with E-state index in [9.17, 15) is 4.79 Å². The molecule has 90 valence electrons. The Morgan fingerprint density at radius 1 is 1.33 bits per heavy atom. The van der Waals surface area contributed by atoms with Crippen LogP contribution in [0.1, 0.15) is 0 Å². The van der Waals surface area contributed by atoms with Gasteiger partial charge in [0.15, 0.2) is 5.16 Å². The molecular formula is C12H9N3OS2. The number of benzene rings is 1. The van der Waals surface area contributed by atoms with Gasteiger partial charge in [0.1, 0.15) is 0 Å². The third kappa shape index (κ3) is 2.12. The fraction of sp³-hybridized carbons (Fsp3) is 0. The van der Waals surface area contributed by atoms with Crippen LogP contribution in [-0.4, -0.2) is 9.97 Å². The van der Waals surface area contributed by atoms with E-state index >= 15 is 0 Å². The molecule has 3 aromatic rings. The number of nitrogen functional groups attached to an aromatic ring is 1. The Balaban J connectivity index is 2.10. The number of nitrogens with one attached hydrogen (secondary N) is 1. The standard InChI is InChI=1S/C12H9N3OS2/c13-7-3-4-9-8(6-7)11(16)15-12(14-9)18-10-2-1-5-17-10/h1-6H,13H2,(H,14,15,16). The average molecular weight is 275 g/mol. The third-order valence-corrected chi connectivity index (χ3v) is 4.32. The van der Waals surface area contributed by atoms with E-state index in [4.69, 9.17) is 5.73 Å². The molecule has 0 aliphatic rings. The van der Waals surface area contributed by atoms with E-state index in [-0.39, 0.29) is 5.56 Å². The predicted molar refractivity (Wildman–Crippen MR) is 75.2 cm³/mol. The van der Waals surface area contributed by atoms with Crippen molar-refractivity contribution in [2.45, 2.75) is 9.37 Å². The first kappa shape index (κ1) is 11.3. The molecule has 0 amide bonds. The van der Waals surface area contributed by atoms with E-state index in [1.54, 1.807) is 29.5 Å². The second kappa shape index (κ2) is 4.47. The van der Waals surface area contributed by atoms with Gasteiger partial charge < -0.3 is 10.7 Å². The van der Waals surface area contributed by atoms with Gasteiger partial charge in [-0.05, 0) is 41.4 Å². The second-order valence-electron chi connectivity index (χ2n) is 3.68. The lowest BCUT2D eigenvalue weighted by Crippen LogP contribution is -2.09. The van der Waals surface area contributed by atoms with Crippen LogP contribution in [0.15, 0.2) is 49.9 Å². The molecule has 0 fully saturated rings. The summed E-state index contributed by atoms with van der Waals surface area (Å²) in [6.45, 7) is 0. The summed E-state index contributed by atoms with van der Waals surface area (Å²) in [6.07, 6.45) is 0. The van der Waals surface area contributed by atoms with Crippen molar-refractivity contribution in [3.8, 4) is 0 Å². The monoisotopic (exact) mass is 275 g/mol. The third-order valence-electron chi connectivity index (χ3n) is 2.40. The normalized spacial score (nSPS) is 10.9. The van der Waals surface area contributed by atoms with Crippen molar-refractivity contribution in [2.75, 3.05) is 5.73 Å². The molecule has 3 N–H and O–H groups in total. The zero-order valence-electron chi connectivity index (χ0n) is 9.21. The fourth-order valence-electron chi connectivity index (χ4n) is 1.60. The summed E-state index contributed by atoms with van der Waals surface area (Å²) in [4.78, 5) is 19.1. The summed E-state index contributed by atoms with van der Waals surface area (Å²) in [6, 6.07) is 9.10. The van der Waals surface area contributed by atoms with Crippen LogP contribution in [0, 0.1) is 0 Å². The Labute approximate surface area is 111 Å². The Kier molecular flexibility index (Phi) is 2.81. The number of H-pyrrole nitrogens is 1. The van der Waals surface area contributed by atoms with Gasteiger partial charge in [0.25, 0.3) is 5.56 Å². The van der Waals surface area contributed by atoms with Crippen LogP contribution >= 0.6 is 23.1 Å². The minimum atomic E-state index is -0.161. The zero-order valence-corrected chi connectivity index (χ0v) is 10.8. The summed E-state index contributed by atoms with van der Waals surface area (Å²) < 4.78 is 1.09. The zero-order chi connectivity index (χ0) is 12.5. The van der Waals surface area contributed by atoms with E-state index in [1.165, 1.54) is 11.8 Å². The lowest BCUT2D eigenvalue weighted by molar-refractivity contribution is 0.976. The van der Waals surface area contributed by atoms with E-state index in [0.29, 0.717) is 21.7 Å². The maximum atomic E-state index is 11.9. The van der Waals surface area contributed by atoms with Gasteiger partial charge in [-0.2, -0.15) is 0 Å². The number of hydrogen-bond donors (Lipinski definition) is 2. The predicted octanol–water partition coefficient (Wildman–Crippen LogP) is 2.72. The highest BCUT2D eigenvalue weighted by atomic mass is 32.2. The van der Waals surface area contributed by atoms with Crippen LogP contribution < -0.4 is 11.3 Å². The van der Waals surface area contributed by atoms with Crippen molar-refractivity contribution >= 4 is 39.7 Å². The summed E-state index contributed by atoms with van der Waals surface area (Å²) in [5.41, 5.74) is 6.72. The molecule has 6 heteroatoms. The molecule has 0 saturated heterocycles. The molecule has 0 atom stereocenters. The van der Waals surface area contributed by atoms with Crippen LogP contribution in [0.4, 0.5) is 5.69 Å². The number of nitrogens with zero attached hydrogens (tertiary/aromatic N) is 1. The van der Waals surface area contributed by atoms with Gasteiger partial charge >= 0.3 is 0 Å². The van der Waals surface area contributed by atoms with Crippen molar-refractivity contribution in [3.63, 3.8) is 0 Å². The minimum Gasteiger partial charge on any atom is -0.399 e. The quantitative estimate of drug-likeness (QED) is 0.557. The number of aromatic amines is 1. The molecule has 0 aliphatic carbocycles. The molecule has 0 aliphatic heterocycles. The first-order valence-corrected chi connectivity index (χ1v) is 6.93. The summed E-state index contributed by atoms with van der Waals surface area (Å²) in [5, 5.41) is 3.10. The summed E-state index contributed by atoms with van der Waals surface area (Å²) in [7, 11) is 0. The molecule has 0 radical (unpaired) electrons. The lowest BCUT2D eigenvalue weighted by atomic mass is 10.2. The highest BCUT2D eigenvalue weighted by molar-refractivity contribution is 8.01. The Morgan fingerprint density at radius 2 is 2.22 bits per heavy atom. The van der Waals surface area contributed by atoms with Gasteiger partial charge in [-0.15, -0.1) is 11.3 Å². The van der Waals surface area contributed by atoms with Crippen LogP contribution in [0.5, 0.6) is 0 Å². The number of nitrogens with two attached hydrogens (primary N) is 1. The molecule has 0 unspecified atom stereocenters. The smallest absolute Gasteiger partial charge is 0.259 e. The van der Waals surface area contributed by atoms with Crippen molar-refractivity contribution in [3.05, 3.63) is 46.1 Å². The molecule has 0 saturated carbocycles. The number of fused-ring (bicyclic) bond motifs is 1. The number of thiophene rings is 1. The van der Waals surface area contributed by atoms with Crippen molar-refractivity contribution in [1.29, 1.82) is 0 Å². The van der Waals surface area contributed by atoms with Crippen LogP contribution in [0.3, 0.4) is 0 Å². The van der Waals surface area contributed by atoms with Gasteiger partial charge in [0.05, 0.1) is 15.1 Å². The molecule has 0 spiro atoms.